The second-order valence-corrected chi connectivity index (χ2v) is 4.86. The summed E-state index contributed by atoms with van der Waals surface area (Å²) in [6.45, 7) is 6.36. The molecule has 0 saturated heterocycles. The zero-order chi connectivity index (χ0) is 9.35. The van der Waals surface area contributed by atoms with Crippen LogP contribution in [-0.2, 0) is 5.41 Å². The lowest BCUT2D eigenvalue weighted by atomic mass is 9.87. The third-order valence-electron chi connectivity index (χ3n) is 1.75. The molecule has 1 rings (SSSR count). The van der Waals surface area contributed by atoms with Crippen molar-refractivity contribution < 1.29 is 5.11 Å². The molecule has 0 aromatic heterocycles. The minimum Gasteiger partial charge on any atom is -0.508 e. The van der Waals surface area contributed by atoms with Gasteiger partial charge in [0, 0.05) is 4.47 Å². The first-order valence-corrected chi connectivity index (χ1v) is 4.69. The summed E-state index contributed by atoms with van der Waals surface area (Å²) in [6, 6.07) is 5.51. The van der Waals surface area contributed by atoms with Crippen LogP contribution in [0.15, 0.2) is 22.7 Å². The summed E-state index contributed by atoms with van der Waals surface area (Å²) in [6.07, 6.45) is 0. The van der Waals surface area contributed by atoms with E-state index in [0.717, 1.165) is 10.0 Å². The molecule has 0 radical (unpaired) electrons. The van der Waals surface area contributed by atoms with E-state index in [9.17, 15) is 5.11 Å². The van der Waals surface area contributed by atoms with Crippen molar-refractivity contribution in [2.75, 3.05) is 0 Å². The topological polar surface area (TPSA) is 20.2 Å². The Morgan fingerprint density at radius 3 is 2.17 bits per heavy atom. The Labute approximate surface area is 81.6 Å². The van der Waals surface area contributed by atoms with Gasteiger partial charge in [-0.25, -0.2) is 0 Å². The summed E-state index contributed by atoms with van der Waals surface area (Å²) in [7, 11) is 0. The van der Waals surface area contributed by atoms with Crippen LogP contribution in [0.4, 0.5) is 0 Å². The average molecular weight is 229 g/mol. The molecule has 0 bridgehead atoms. The highest BCUT2D eigenvalue weighted by Gasteiger charge is 2.14. The third-order valence-corrected chi connectivity index (χ3v) is 2.21. The average Bonchev–Trinajstić information content (AvgIpc) is 1.82. The Kier molecular flexibility index (Phi) is 2.47. The molecule has 0 aliphatic carbocycles. The predicted octanol–water partition coefficient (Wildman–Crippen LogP) is 3.45. The number of benzene rings is 1. The van der Waals surface area contributed by atoms with Gasteiger partial charge in [-0.3, -0.25) is 0 Å². The van der Waals surface area contributed by atoms with E-state index in [0.29, 0.717) is 5.75 Å². The van der Waals surface area contributed by atoms with Gasteiger partial charge in [0.1, 0.15) is 5.75 Å². The molecule has 0 atom stereocenters. The van der Waals surface area contributed by atoms with Gasteiger partial charge in [0.2, 0.25) is 0 Å². The molecule has 0 fully saturated rings. The summed E-state index contributed by atoms with van der Waals surface area (Å²) in [5.74, 6) is 0.314. The van der Waals surface area contributed by atoms with Crippen molar-refractivity contribution in [2.45, 2.75) is 26.2 Å². The van der Waals surface area contributed by atoms with Gasteiger partial charge >= 0.3 is 0 Å². The number of rotatable bonds is 0. The molecule has 12 heavy (non-hydrogen) atoms. The Morgan fingerprint density at radius 2 is 1.75 bits per heavy atom. The zero-order valence-corrected chi connectivity index (χ0v) is 9.14. The highest BCUT2D eigenvalue weighted by molar-refractivity contribution is 9.10. The number of aromatic hydroxyl groups is 1. The molecular formula is C10H13BrO. The SMILES string of the molecule is CC(C)(C)c1cc(O)cc(Br)c1. The van der Waals surface area contributed by atoms with E-state index in [1.807, 2.05) is 6.07 Å². The minimum absolute atomic E-state index is 0.0846. The van der Waals surface area contributed by atoms with E-state index in [-0.39, 0.29) is 5.41 Å². The highest BCUT2D eigenvalue weighted by atomic mass is 79.9. The maximum absolute atomic E-state index is 9.33. The number of hydrogen-bond acceptors (Lipinski definition) is 1. The predicted molar refractivity (Wildman–Crippen MR) is 54.5 cm³/mol. The van der Waals surface area contributed by atoms with Crippen LogP contribution in [0.2, 0.25) is 0 Å². The monoisotopic (exact) mass is 228 g/mol. The minimum atomic E-state index is 0.0846. The van der Waals surface area contributed by atoms with E-state index in [1.165, 1.54) is 0 Å². The highest BCUT2D eigenvalue weighted by Crippen LogP contribution is 2.28. The quantitative estimate of drug-likeness (QED) is 0.722. The lowest BCUT2D eigenvalue weighted by molar-refractivity contribution is 0.470. The van der Waals surface area contributed by atoms with Gasteiger partial charge in [0.05, 0.1) is 0 Å². The Morgan fingerprint density at radius 1 is 1.17 bits per heavy atom. The largest absolute Gasteiger partial charge is 0.508 e. The summed E-state index contributed by atoms with van der Waals surface area (Å²) in [4.78, 5) is 0. The standard InChI is InChI=1S/C10H13BrO/c1-10(2,3)7-4-8(11)6-9(12)5-7/h4-6,12H,1-3H3. The van der Waals surface area contributed by atoms with Crippen molar-refractivity contribution in [2.24, 2.45) is 0 Å². The van der Waals surface area contributed by atoms with Crippen molar-refractivity contribution in [1.29, 1.82) is 0 Å². The number of hydrogen-bond donors (Lipinski definition) is 1. The molecule has 0 amide bonds. The van der Waals surface area contributed by atoms with Gasteiger partial charge in [0.15, 0.2) is 0 Å². The summed E-state index contributed by atoms with van der Waals surface area (Å²) in [5, 5.41) is 9.33. The second kappa shape index (κ2) is 3.09. The summed E-state index contributed by atoms with van der Waals surface area (Å²) in [5.41, 5.74) is 1.22. The Balaban J connectivity index is 3.18. The molecule has 1 aromatic carbocycles. The number of phenols is 1. The Bertz CT molecular complexity index is 266. The molecule has 1 aromatic rings. The fourth-order valence-electron chi connectivity index (χ4n) is 1.01. The van der Waals surface area contributed by atoms with Crippen LogP contribution in [-0.4, -0.2) is 5.11 Å². The Hall–Kier alpha value is -0.500. The molecule has 0 aliphatic rings. The van der Waals surface area contributed by atoms with Gasteiger partial charge in [0.25, 0.3) is 0 Å². The van der Waals surface area contributed by atoms with Crippen LogP contribution >= 0.6 is 15.9 Å². The summed E-state index contributed by atoms with van der Waals surface area (Å²) >= 11 is 3.35. The van der Waals surface area contributed by atoms with Crippen LogP contribution in [0.1, 0.15) is 26.3 Å². The fraction of sp³-hybridized carbons (Fsp3) is 0.400. The molecule has 0 heterocycles. The van der Waals surface area contributed by atoms with E-state index in [1.54, 1.807) is 12.1 Å². The van der Waals surface area contributed by atoms with Crippen molar-refractivity contribution >= 4 is 15.9 Å². The zero-order valence-electron chi connectivity index (χ0n) is 7.56. The van der Waals surface area contributed by atoms with Crippen LogP contribution in [0.25, 0.3) is 0 Å². The van der Waals surface area contributed by atoms with E-state index < -0.39 is 0 Å². The van der Waals surface area contributed by atoms with Gasteiger partial charge < -0.3 is 5.11 Å². The molecule has 1 N–H and O–H groups in total. The lowest BCUT2D eigenvalue weighted by Gasteiger charge is -2.19. The van der Waals surface area contributed by atoms with Crippen LogP contribution < -0.4 is 0 Å². The number of halogens is 1. The van der Waals surface area contributed by atoms with Crippen LogP contribution in [0.3, 0.4) is 0 Å². The van der Waals surface area contributed by atoms with Crippen molar-refractivity contribution in [3.05, 3.63) is 28.2 Å². The van der Waals surface area contributed by atoms with E-state index in [4.69, 9.17) is 0 Å². The first-order chi connectivity index (χ1) is 5.39. The normalized spacial score (nSPS) is 11.7. The summed E-state index contributed by atoms with van der Waals surface area (Å²) < 4.78 is 0.924. The fourth-order valence-corrected chi connectivity index (χ4v) is 1.49. The molecule has 0 saturated carbocycles. The smallest absolute Gasteiger partial charge is 0.116 e. The maximum Gasteiger partial charge on any atom is 0.116 e. The molecule has 0 unspecified atom stereocenters. The lowest BCUT2D eigenvalue weighted by Crippen LogP contribution is -2.10. The van der Waals surface area contributed by atoms with Crippen molar-refractivity contribution in [1.82, 2.24) is 0 Å². The third kappa shape index (κ3) is 2.24. The van der Waals surface area contributed by atoms with Crippen molar-refractivity contribution in [3.63, 3.8) is 0 Å². The maximum atomic E-state index is 9.33. The van der Waals surface area contributed by atoms with E-state index in [2.05, 4.69) is 36.7 Å². The number of phenolic OH excluding ortho intramolecular Hbond substituents is 1. The van der Waals surface area contributed by atoms with Gasteiger partial charge in [-0.05, 0) is 29.2 Å². The van der Waals surface area contributed by atoms with Crippen molar-refractivity contribution in [3.8, 4) is 5.75 Å². The molecular weight excluding hydrogens is 216 g/mol. The van der Waals surface area contributed by atoms with Crippen LogP contribution in [0.5, 0.6) is 5.75 Å². The van der Waals surface area contributed by atoms with E-state index >= 15 is 0 Å². The molecule has 2 heteroatoms. The second-order valence-electron chi connectivity index (χ2n) is 3.95. The molecule has 1 nitrogen and oxygen atoms in total. The van der Waals surface area contributed by atoms with Gasteiger partial charge in [-0.1, -0.05) is 36.7 Å². The first-order valence-electron chi connectivity index (χ1n) is 3.89. The van der Waals surface area contributed by atoms with Gasteiger partial charge in [-0.2, -0.15) is 0 Å². The molecule has 66 valence electrons. The van der Waals surface area contributed by atoms with Crippen LogP contribution in [0, 0.1) is 0 Å². The first kappa shape index (κ1) is 9.59. The molecule has 0 spiro atoms. The van der Waals surface area contributed by atoms with Gasteiger partial charge in [-0.15, -0.1) is 0 Å². The molecule has 0 aliphatic heterocycles.